The van der Waals surface area contributed by atoms with Gasteiger partial charge in [-0.2, -0.15) is 5.26 Å². The number of phosphoric acid groups is 2. The van der Waals surface area contributed by atoms with Crippen molar-refractivity contribution in [3.8, 4) is 6.07 Å². The number of rotatable bonds is 24. The van der Waals surface area contributed by atoms with E-state index in [0.717, 1.165) is 6.42 Å². The van der Waals surface area contributed by atoms with E-state index in [-0.39, 0.29) is 56.1 Å². The van der Waals surface area contributed by atoms with Crippen molar-refractivity contribution in [1.29, 1.82) is 6.69 Å². The van der Waals surface area contributed by atoms with Gasteiger partial charge in [-0.25, -0.2) is 13.8 Å². The second-order valence-corrected chi connectivity index (χ2v) is 23.3. The van der Waals surface area contributed by atoms with E-state index >= 15 is 0 Å². The molecule has 16 atom stereocenters. The van der Waals surface area contributed by atoms with E-state index in [0.29, 0.717) is 26.2 Å². The molecule has 8 unspecified atom stereocenters. The van der Waals surface area contributed by atoms with Gasteiger partial charge in [-0.15, -0.1) is 0 Å². The minimum Gasteiger partial charge on any atom is -0.396 e. The summed E-state index contributed by atoms with van der Waals surface area (Å²) in [6.07, 6.45) is -7.71. The SMILES string of the molecule is CC(C)O[C@H]1COC(C)[C@H]1OP(=O)(O)O[C@H]1COC(C)[C@H]1OP(=O)(O)O[C@H]1COC(C)[C@H]1OP(=O)(O)C(C)C.[3H]OCC[C@H]1COC(C)[C@H]1OP(OCCC#N)N(C(C)C)C(C)C. The van der Waals surface area contributed by atoms with Crippen molar-refractivity contribution in [3.63, 3.8) is 0 Å². The zero-order valence-corrected chi connectivity index (χ0v) is 41.5. The van der Waals surface area contributed by atoms with Gasteiger partial charge in [0, 0.05) is 24.6 Å². The largest absolute Gasteiger partial charge is 0.473 e. The Bertz CT molecular complexity index is 1560. The molecule has 0 aromatic heterocycles. The maximum atomic E-state index is 13.0. The van der Waals surface area contributed by atoms with E-state index in [1.807, 2.05) is 20.8 Å². The smallest absolute Gasteiger partial charge is 0.396 e. The first-order valence-corrected chi connectivity index (χ1v) is 26.9. The van der Waals surface area contributed by atoms with Crippen molar-refractivity contribution in [1.82, 2.24) is 4.67 Å². The van der Waals surface area contributed by atoms with E-state index in [2.05, 4.69) is 43.5 Å². The van der Waals surface area contributed by atoms with Gasteiger partial charge >= 0.3 is 23.2 Å². The Morgan fingerprint density at radius 2 is 1.16 bits per heavy atom. The Morgan fingerprint density at radius 3 is 1.61 bits per heavy atom. The fraction of sp³-hybridized carbons (Fsp3) is 0.973. The lowest BCUT2D eigenvalue weighted by Crippen LogP contribution is -2.37. The molecule has 21 nitrogen and oxygen atoms in total. The van der Waals surface area contributed by atoms with Gasteiger partial charge in [-0.1, -0.05) is 13.8 Å². The molecule has 4 aliphatic heterocycles. The predicted octanol–water partition coefficient (Wildman–Crippen LogP) is 5.82. The molecule has 0 bridgehead atoms. The van der Waals surface area contributed by atoms with Crippen LogP contribution in [-0.2, 0) is 69.0 Å². The van der Waals surface area contributed by atoms with Crippen LogP contribution in [-0.4, -0.2) is 157 Å². The van der Waals surface area contributed by atoms with Crippen LogP contribution in [0, 0.1) is 17.2 Å². The van der Waals surface area contributed by atoms with Crippen LogP contribution in [0.1, 0.15) is 95.9 Å². The van der Waals surface area contributed by atoms with Gasteiger partial charge in [0.05, 0.1) is 87.8 Å². The lowest BCUT2D eigenvalue weighted by Gasteiger charge is -2.38. The molecule has 62 heavy (non-hydrogen) atoms. The molecule has 4 rings (SSSR count). The van der Waals surface area contributed by atoms with Crippen LogP contribution in [0.5, 0.6) is 0 Å². The van der Waals surface area contributed by atoms with Crippen molar-refractivity contribution in [2.24, 2.45) is 5.92 Å². The Labute approximate surface area is 369 Å². The van der Waals surface area contributed by atoms with Crippen LogP contribution in [0.3, 0.4) is 0 Å². The number of nitriles is 1. The molecule has 4 N–H and O–H groups in total. The summed E-state index contributed by atoms with van der Waals surface area (Å²) < 4.78 is 114. The number of hydrogen-bond acceptors (Lipinski definition) is 18. The van der Waals surface area contributed by atoms with Crippen LogP contribution >= 0.6 is 31.8 Å². The average Bonchev–Trinajstić information content (AvgIpc) is 3.90. The van der Waals surface area contributed by atoms with Crippen LogP contribution < -0.4 is 0 Å². The number of aliphatic hydroxyl groups is 1. The van der Waals surface area contributed by atoms with Crippen LogP contribution in [0.15, 0.2) is 0 Å². The number of ether oxygens (including phenoxy) is 5. The summed E-state index contributed by atoms with van der Waals surface area (Å²) in [7, 11) is -15.0. The third-order valence-electron chi connectivity index (χ3n) is 10.3. The van der Waals surface area contributed by atoms with Crippen molar-refractivity contribution < 1.29 is 88.8 Å². The minimum absolute atomic E-state index is 0.0218. The van der Waals surface area contributed by atoms with Crippen molar-refractivity contribution in [2.45, 2.75) is 187 Å². The minimum atomic E-state index is -4.89. The third kappa shape index (κ3) is 16.9. The summed E-state index contributed by atoms with van der Waals surface area (Å²) in [5.41, 5.74) is -0.722. The first kappa shape index (κ1) is 54.5. The molecule has 25 heteroatoms. The highest BCUT2D eigenvalue weighted by Crippen LogP contribution is 2.56. The third-order valence-corrected chi connectivity index (χ3v) is 16.4. The first-order valence-electron chi connectivity index (χ1n) is 21.6. The molecule has 4 fully saturated rings. The molecule has 0 aromatic rings. The maximum absolute atomic E-state index is 13.0. The highest BCUT2D eigenvalue weighted by Gasteiger charge is 2.50. The number of aliphatic hydroxyl groups excluding tert-OH is 1. The number of nitrogens with zero attached hydrogens (tertiary/aromatic N) is 2. The summed E-state index contributed by atoms with van der Waals surface area (Å²) in [6.45, 7) is 22.9. The van der Waals surface area contributed by atoms with Gasteiger partial charge in [-0.3, -0.25) is 27.2 Å². The summed E-state index contributed by atoms with van der Waals surface area (Å²) in [5.74, 6) is 0.191. The van der Waals surface area contributed by atoms with Gasteiger partial charge in [0.15, 0.2) is 0 Å². The lowest BCUT2D eigenvalue weighted by molar-refractivity contribution is -0.0533. The van der Waals surface area contributed by atoms with Crippen molar-refractivity contribution in [3.05, 3.63) is 0 Å². The normalized spacial score (nSPS) is 35.2. The van der Waals surface area contributed by atoms with Crippen molar-refractivity contribution >= 4 is 31.8 Å². The maximum Gasteiger partial charge on any atom is 0.473 e. The van der Waals surface area contributed by atoms with E-state index in [1.54, 1.807) is 13.8 Å². The standard InChI is InChI=1S/C21H41O15P3.C16H31N2O4P/c1-11(2)31-16-8-28-13(5)19(16)35-38(24,25)33-18-10-30-15(7)21(18)36-39(26,27)32-17-9-29-14(6)20(17)34-37(22,23)12(3)4;1-12(2)18(13(3)4)23(21-10-6-8-17)22-16-14(5)20-11-15(16)7-9-19/h11-21H,8-10H2,1-7H3,(H,22,23)(H,24,25)(H,26,27);12-16,19H,6-7,9-11H2,1-5H3/t13?,14?,15?,16-,17-,18-,19+,20+,21+;14?,15-,16+,23?/m00/s1/i;19T. The molecule has 0 spiro atoms. The second kappa shape index (κ2) is 25.3. The summed E-state index contributed by atoms with van der Waals surface area (Å²) in [5, 5.41) is 13.2. The second-order valence-electron chi connectivity index (χ2n) is 16.8. The van der Waals surface area contributed by atoms with Crippen LogP contribution in [0.4, 0.5) is 0 Å². The molecule has 4 heterocycles. The first-order chi connectivity index (χ1) is 29.3. The lowest BCUT2D eigenvalue weighted by atomic mass is 10.00. The van der Waals surface area contributed by atoms with E-state index < -0.39 is 92.4 Å². The molecule has 4 saturated heterocycles. The Balaban J connectivity index is 0.000000378. The summed E-state index contributed by atoms with van der Waals surface area (Å²) in [4.78, 5) is 31.1. The van der Waals surface area contributed by atoms with Crippen LogP contribution in [0.25, 0.3) is 0 Å². The molecule has 0 saturated carbocycles. The molecular formula is C37H72N2O19P4. The summed E-state index contributed by atoms with van der Waals surface area (Å²) in [6, 6.07) is 2.65. The summed E-state index contributed by atoms with van der Waals surface area (Å²) >= 11 is 0. The van der Waals surface area contributed by atoms with E-state index in [9.17, 15) is 28.4 Å². The number of hydrogen-bond donors (Lipinski definition) is 4. The molecule has 0 aliphatic carbocycles. The highest BCUT2D eigenvalue weighted by atomic mass is 31.2. The Hall–Kier alpha value is -0.0700. The Morgan fingerprint density at radius 1 is 0.710 bits per heavy atom. The topological polar surface area (TPSA) is 270 Å². The van der Waals surface area contributed by atoms with Gasteiger partial charge in [0.2, 0.25) is 1.43 Å². The highest BCUT2D eigenvalue weighted by molar-refractivity contribution is 7.53. The van der Waals surface area contributed by atoms with E-state index in [4.69, 9.17) is 62.0 Å². The fourth-order valence-electron chi connectivity index (χ4n) is 7.14. The van der Waals surface area contributed by atoms with E-state index in [1.165, 1.54) is 20.8 Å². The average molecular weight is 975 g/mol. The number of phosphoric ester groups is 2. The molecule has 4 aliphatic rings. The van der Waals surface area contributed by atoms with Crippen molar-refractivity contribution in [2.75, 3.05) is 39.6 Å². The molecule has 0 radical (unpaired) electrons. The van der Waals surface area contributed by atoms with Gasteiger partial charge in [0.1, 0.15) is 36.6 Å². The zero-order chi connectivity index (χ0) is 47.4. The zero-order valence-electron chi connectivity index (χ0n) is 39.0. The van der Waals surface area contributed by atoms with Gasteiger partial charge < -0.3 is 52.5 Å². The van der Waals surface area contributed by atoms with Crippen LogP contribution in [0.2, 0.25) is 0 Å². The van der Waals surface area contributed by atoms with Gasteiger partial charge in [-0.05, 0) is 75.7 Å². The quantitative estimate of drug-likeness (QED) is 0.0655. The monoisotopic (exact) mass is 974 g/mol. The Kier molecular flexibility index (Phi) is 22.3. The fourth-order valence-corrected chi connectivity index (χ4v) is 12.3. The molecular weight excluding hydrogens is 900 g/mol. The van der Waals surface area contributed by atoms with Gasteiger partial charge in [0.25, 0.3) is 8.53 Å². The molecule has 0 amide bonds. The molecule has 0 aromatic carbocycles. The predicted molar refractivity (Wildman–Crippen MR) is 226 cm³/mol. The molecule has 364 valence electrons.